The average Bonchev–Trinajstić information content (AvgIpc) is 3.30. The van der Waals surface area contributed by atoms with E-state index >= 15 is 0 Å². The number of anilines is 2. The number of aromatic nitrogens is 2. The molecule has 3 aromatic rings. The van der Waals surface area contributed by atoms with Crippen LogP contribution in [0.15, 0.2) is 51.9 Å². The molecule has 0 atom stereocenters. The molecule has 0 bridgehead atoms. The van der Waals surface area contributed by atoms with Crippen LogP contribution in [0.3, 0.4) is 0 Å². The Morgan fingerprint density at radius 1 is 1.09 bits per heavy atom. The highest BCUT2D eigenvalue weighted by Crippen LogP contribution is 2.27. The smallest absolute Gasteiger partial charge is 0.257 e. The summed E-state index contributed by atoms with van der Waals surface area (Å²) in [6, 6.07) is 11.3. The van der Waals surface area contributed by atoms with E-state index in [-0.39, 0.29) is 15.9 Å². The molecule has 180 valence electrons. The maximum absolute atomic E-state index is 13.2. The third-order valence-corrected chi connectivity index (χ3v) is 6.27. The van der Waals surface area contributed by atoms with E-state index in [4.69, 9.17) is 14.4 Å². The fraction of sp³-hybridized carbons (Fsp3) is 0.348. The number of benzene rings is 2. The van der Waals surface area contributed by atoms with Crippen molar-refractivity contribution in [3.63, 3.8) is 0 Å². The van der Waals surface area contributed by atoms with Crippen LogP contribution in [0.5, 0.6) is 0 Å². The second-order valence-corrected chi connectivity index (χ2v) is 10.6. The fourth-order valence-electron chi connectivity index (χ4n) is 3.50. The van der Waals surface area contributed by atoms with Crippen molar-refractivity contribution in [2.45, 2.75) is 31.1 Å². The normalized spacial score (nSPS) is 14.8. The zero-order valence-corrected chi connectivity index (χ0v) is 20.1. The molecule has 1 saturated heterocycles. The summed E-state index contributed by atoms with van der Waals surface area (Å²) < 4.78 is 34.5. The van der Waals surface area contributed by atoms with Crippen molar-refractivity contribution in [3.05, 3.63) is 53.9 Å². The second-order valence-electron chi connectivity index (χ2n) is 9.03. The number of rotatable bonds is 5. The molecular weight excluding hydrogens is 458 g/mol. The Kier molecular flexibility index (Phi) is 6.43. The lowest BCUT2D eigenvalue weighted by Crippen LogP contribution is -2.37. The molecule has 0 saturated carbocycles. The summed E-state index contributed by atoms with van der Waals surface area (Å²) in [6.45, 7) is 8.17. The number of primary sulfonamides is 1. The highest BCUT2D eigenvalue weighted by Gasteiger charge is 2.23. The summed E-state index contributed by atoms with van der Waals surface area (Å²) in [7, 11) is -3.97. The van der Waals surface area contributed by atoms with Crippen molar-refractivity contribution < 1.29 is 22.5 Å². The van der Waals surface area contributed by atoms with Gasteiger partial charge in [-0.1, -0.05) is 25.9 Å². The summed E-state index contributed by atoms with van der Waals surface area (Å²) >= 11 is 0. The first-order valence-corrected chi connectivity index (χ1v) is 12.3. The van der Waals surface area contributed by atoms with E-state index in [0.29, 0.717) is 49.4 Å². The van der Waals surface area contributed by atoms with Crippen molar-refractivity contribution >= 4 is 27.3 Å². The number of carbonyl (C=O) groups is 1. The van der Waals surface area contributed by atoms with Gasteiger partial charge in [0.25, 0.3) is 5.91 Å². The predicted molar refractivity (Wildman–Crippen MR) is 127 cm³/mol. The molecule has 4 rings (SSSR count). The molecule has 3 N–H and O–H groups in total. The Balaban J connectivity index is 1.58. The average molecular weight is 486 g/mol. The van der Waals surface area contributed by atoms with Gasteiger partial charge in [-0.3, -0.25) is 4.79 Å². The summed E-state index contributed by atoms with van der Waals surface area (Å²) in [5.41, 5.74) is 1.84. The number of hydrogen-bond acceptors (Lipinski definition) is 8. The highest BCUT2D eigenvalue weighted by molar-refractivity contribution is 7.89. The predicted octanol–water partition coefficient (Wildman–Crippen LogP) is 2.77. The van der Waals surface area contributed by atoms with Gasteiger partial charge >= 0.3 is 0 Å². The van der Waals surface area contributed by atoms with E-state index in [2.05, 4.69) is 15.5 Å². The summed E-state index contributed by atoms with van der Waals surface area (Å²) in [5.74, 6) is 0.540. The van der Waals surface area contributed by atoms with Gasteiger partial charge in [0.2, 0.25) is 21.7 Å². The maximum atomic E-state index is 13.2. The first-order valence-electron chi connectivity index (χ1n) is 10.8. The molecule has 34 heavy (non-hydrogen) atoms. The number of nitrogens with zero attached hydrogens (tertiary/aromatic N) is 3. The van der Waals surface area contributed by atoms with Crippen molar-refractivity contribution in [3.8, 4) is 11.4 Å². The SMILES string of the molecule is CC(C)(C)c1nc(-c2ccc(NC(=O)c3cc(S(N)(=O)=O)ccc3N3CCOCC3)cc2)no1. The molecule has 1 aliphatic heterocycles. The first-order chi connectivity index (χ1) is 16.0. The van der Waals surface area contributed by atoms with Gasteiger partial charge in [-0.15, -0.1) is 0 Å². The number of nitrogens with one attached hydrogen (secondary N) is 1. The minimum atomic E-state index is -3.97. The van der Waals surface area contributed by atoms with E-state index in [9.17, 15) is 13.2 Å². The Morgan fingerprint density at radius 3 is 2.35 bits per heavy atom. The third-order valence-electron chi connectivity index (χ3n) is 5.36. The molecule has 2 aromatic carbocycles. The summed E-state index contributed by atoms with van der Waals surface area (Å²) in [5, 5.41) is 12.2. The molecule has 10 nitrogen and oxygen atoms in total. The Bertz CT molecular complexity index is 1290. The van der Waals surface area contributed by atoms with Gasteiger partial charge in [0.05, 0.1) is 23.7 Å². The van der Waals surface area contributed by atoms with Crippen molar-refractivity contribution in [2.75, 3.05) is 36.5 Å². The van der Waals surface area contributed by atoms with Gasteiger partial charge in [0, 0.05) is 35.4 Å². The standard InChI is InChI=1S/C23H27N5O5S/c1-23(2,3)22-26-20(27-33-22)15-4-6-16(7-5-15)25-21(29)18-14-17(34(24,30)31)8-9-19(18)28-10-12-32-13-11-28/h4-9,14H,10-13H2,1-3H3,(H,25,29)(H2,24,30,31). The summed E-state index contributed by atoms with van der Waals surface area (Å²) in [6.07, 6.45) is 0. The third kappa shape index (κ3) is 5.27. The van der Waals surface area contributed by atoms with Gasteiger partial charge in [-0.05, 0) is 42.5 Å². The number of nitrogens with two attached hydrogens (primary N) is 1. The number of morpholine rings is 1. The van der Waals surface area contributed by atoms with Gasteiger partial charge in [-0.25, -0.2) is 13.6 Å². The molecule has 0 spiro atoms. The minimum Gasteiger partial charge on any atom is -0.378 e. The second kappa shape index (κ2) is 9.16. The van der Waals surface area contributed by atoms with E-state index in [1.165, 1.54) is 12.1 Å². The van der Waals surface area contributed by atoms with Crippen LogP contribution >= 0.6 is 0 Å². The quantitative estimate of drug-likeness (QED) is 0.562. The van der Waals surface area contributed by atoms with Gasteiger partial charge in [0.1, 0.15) is 0 Å². The number of sulfonamides is 1. The topological polar surface area (TPSA) is 141 Å². The highest BCUT2D eigenvalue weighted by atomic mass is 32.2. The van der Waals surface area contributed by atoms with E-state index in [1.54, 1.807) is 30.3 Å². The van der Waals surface area contributed by atoms with Crippen LogP contribution in [-0.4, -0.2) is 50.8 Å². The summed E-state index contributed by atoms with van der Waals surface area (Å²) in [4.78, 5) is 19.5. The molecule has 1 fully saturated rings. The molecule has 0 unspecified atom stereocenters. The fourth-order valence-corrected chi connectivity index (χ4v) is 4.04. The van der Waals surface area contributed by atoms with E-state index in [1.807, 2.05) is 25.7 Å². The van der Waals surface area contributed by atoms with Gasteiger partial charge in [-0.2, -0.15) is 4.98 Å². The molecular formula is C23H27N5O5S. The molecule has 2 heterocycles. The van der Waals surface area contributed by atoms with Crippen molar-refractivity contribution in [1.82, 2.24) is 10.1 Å². The Morgan fingerprint density at radius 2 is 1.76 bits per heavy atom. The van der Waals surface area contributed by atoms with E-state index in [0.717, 1.165) is 5.56 Å². The van der Waals surface area contributed by atoms with Crippen LogP contribution in [0.1, 0.15) is 37.0 Å². The van der Waals surface area contributed by atoms with Crippen LogP contribution in [0.25, 0.3) is 11.4 Å². The van der Waals surface area contributed by atoms with E-state index < -0.39 is 15.9 Å². The lowest BCUT2D eigenvalue weighted by molar-refractivity contribution is 0.102. The van der Waals surface area contributed by atoms with Crippen molar-refractivity contribution in [1.29, 1.82) is 0 Å². The number of hydrogen-bond donors (Lipinski definition) is 2. The monoisotopic (exact) mass is 485 g/mol. The number of carbonyl (C=O) groups excluding carboxylic acids is 1. The van der Waals surface area contributed by atoms with Crippen LogP contribution in [-0.2, 0) is 20.2 Å². The molecule has 0 aliphatic carbocycles. The van der Waals surface area contributed by atoms with Gasteiger partial charge in [0.15, 0.2) is 0 Å². The van der Waals surface area contributed by atoms with Gasteiger partial charge < -0.3 is 19.5 Å². The van der Waals surface area contributed by atoms with Crippen LogP contribution in [0.4, 0.5) is 11.4 Å². The van der Waals surface area contributed by atoms with Crippen LogP contribution in [0, 0.1) is 0 Å². The van der Waals surface area contributed by atoms with Crippen molar-refractivity contribution in [2.24, 2.45) is 5.14 Å². The molecule has 1 amide bonds. The first kappa shape index (κ1) is 23.9. The maximum Gasteiger partial charge on any atom is 0.257 e. The largest absolute Gasteiger partial charge is 0.378 e. The number of amides is 1. The minimum absolute atomic E-state index is 0.128. The molecule has 1 aromatic heterocycles. The zero-order valence-electron chi connectivity index (χ0n) is 19.2. The van der Waals surface area contributed by atoms with Crippen LogP contribution in [0.2, 0.25) is 0 Å². The Labute approximate surface area is 198 Å². The molecule has 0 radical (unpaired) electrons. The Hall–Kier alpha value is -3.28. The van der Waals surface area contributed by atoms with Crippen LogP contribution < -0.4 is 15.4 Å². The lowest BCUT2D eigenvalue weighted by Gasteiger charge is -2.30. The molecule has 1 aliphatic rings. The number of ether oxygens (including phenoxy) is 1. The molecule has 11 heteroatoms. The zero-order chi connectivity index (χ0) is 24.5. The lowest BCUT2D eigenvalue weighted by atomic mass is 9.97.